The fourth-order valence-electron chi connectivity index (χ4n) is 2.36. The molecule has 138 valence electrons. The second kappa shape index (κ2) is 8.13. The number of nitrogens with one attached hydrogen (secondary N) is 3. The molecule has 1 heterocycles. The van der Waals surface area contributed by atoms with Gasteiger partial charge in [0.05, 0.1) is 19.1 Å². The molecule has 3 N–H and O–H groups in total. The van der Waals surface area contributed by atoms with E-state index in [2.05, 4.69) is 21.2 Å². The first kappa shape index (κ1) is 18.1. The van der Waals surface area contributed by atoms with Crippen LogP contribution >= 0.6 is 0 Å². The van der Waals surface area contributed by atoms with Crippen molar-refractivity contribution >= 4 is 17.5 Å². The van der Waals surface area contributed by atoms with Crippen molar-refractivity contribution in [3.05, 3.63) is 78.1 Å². The average Bonchev–Trinajstić information content (AvgIpc) is 3.16. The predicted octanol–water partition coefficient (Wildman–Crippen LogP) is 2.19. The molecule has 0 saturated carbocycles. The Morgan fingerprint density at radius 2 is 1.74 bits per heavy atom. The van der Waals surface area contributed by atoms with E-state index in [0.29, 0.717) is 5.69 Å². The van der Waals surface area contributed by atoms with Crippen molar-refractivity contribution in [2.24, 2.45) is 0 Å². The van der Waals surface area contributed by atoms with E-state index in [-0.39, 0.29) is 18.1 Å². The van der Waals surface area contributed by atoms with Crippen LogP contribution in [0.1, 0.15) is 16.1 Å². The number of anilines is 1. The van der Waals surface area contributed by atoms with Gasteiger partial charge in [0.2, 0.25) is 0 Å². The highest BCUT2D eigenvalue weighted by Gasteiger charge is 2.14. The van der Waals surface area contributed by atoms with Crippen LogP contribution in [0.15, 0.2) is 61.1 Å². The summed E-state index contributed by atoms with van der Waals surface area (Å²) in [5.41, 5.74) is 7.38. The van der Waals surface area contributed by atoms with Crippen molar-refractivity contribution in [1.29, 1.82) is 0 Å². The number of carbonyl (C=O) groups is 2. The van der Waals surface area contributed by atoms with Gasteiger partial charge in [0.25, 0.3) is 11.8 Å². The van der Waals surface area contributed by atoms with Crippen molar-refractivity contribution in [2.45, 2.75) is 6.92 Å². The summed E-state index contributed by atoms with van der Waals surface area (Å²) in [6, 6.07) is 13.2. The molecule has 3 rings (SSSR count). The van der Waals surface area contributed by atoms with E-state index >= 15 is 0 Å². The van der Waals surface area contributed by atoms with Gasteiger partial charge in [-0.15, -0.1) is 0 Å². The highest BCUT2D eigenvalue weighted by molar-refractivity contribution is 5.94. The molecule has 0 spiro atoms. The maximum absolute atomic E-state index is 13.1. The molecule has 0 saturated heterocycles. The summed E-state index contributed by atoms with van der Waals surface area (Å²) in [6.45, 7) is 1.98. The number of imidazole rings is 1. The SMILES string of the molecule is Cc1ccc(NCC(=O)NNC(=O)c2cncn2-c2ccc(F)cc2)cc1. The lowest BCUT2D eigenvalue weighted by molar-refractivity contribution is -0.120. The van der Waals surface area contributed by atoms with Crippen LogP contribution in [0, 0.1) is 12.7 Å². The van der Waals surface area contributed by atoms with Crippen LogP contribution in [0.2, 0.25) is 0 Å². The Labute approximate surface area is 155 Å². The van der Waals surface area contributed by atoms with Gasteiger partial charge in [-0.05, 0) is 43.3 Å². The Balaban J connectivity index is 1.55. The van der Waals surface area contributed by atoms with Crippen LogP contribution in [0.25, 0.3) is 5.69 Å². The van der Waals surface area contributed by atoms with Crippen molar-refractivity contribution in [3.8, 4) is 5.69 Å². The van der Waals surface area contributed by atoms with E-state index < -0.39 is 11.8 Å². The molecule has 0 aliphatic carbocycles. The van der Waals surface area contributed by atoms with Crippen molar-refractivity contribution in [3.63, 3.8) is 0 Å². The van der Waals surface area contributed by atoms with Gasteiger partial charge in [0, 0.05) is 11.4 Å². The lowest BCUT2D eigenvalue weighted by Gasteiger charge is -2.11. The zero-order chi connectivity index (χ0) is 19.2. The summed E-state index contributed by atoms with van der Waals surface area (Å²) < 4.78 is 14.5. The van der Waals surface area contributed by atoms with Crippen molar-refractivity contribution in [1.82, 2.24) is 20.4 Å². The standard InChI is InChI=1S/C19H18FN5O2/c1-13-2-6-15(7-3-13)22-11-18(26)23-24-19(27)17-10-21-12-25(17)16-8-4-14(20)5-9-16/h2-10,12,22H,11H2,1H3,(H,23,26)(H,24,27). The van der Waals surface area contributed by atoms with Crippen LogP contribution < -0.4 is 16.2 Å². The first-order valence-corrected chi connectivity index (χ1v) is 8.21. The van der Waals surface area contributed by atoms with Gasteiger partial charge < -0.3 is 5.32 Å². The summed E-state index contributed by atoms with van der Waals surface area (Å²) in [4.78, 5) is 28.1. The van der Waals surface area contributed by atoms with Gasteiger partial charge in [-0.1, -0.05) is 17.7 Å². The number of hydrogen-bond acceptors (Lipinski definition) is 4. The molecular formula is C19H18FN5O2. The van der Waals surface area contributed by atoms with E-state index in [1.807, 2.05) is 31.2 Å². The van der Waals surface area contributed by atoms with E-state index in [1.54, 1.807) is 0 Å². The molecule has 3 aromatic rings. The van der Waals surface area contributed by atoms with Gasteiger partial charge >= 0.3 is 0 Å². The third-order valence-electron chi connectivity index (χ3n) is 3.80. The molecule has 0 aliphatic rings. The van der Waals surface area contributed by atoms with Gasteiger partial charge in [-0.3, -0.25) is 25.0 Å². The van der Waals surface area contributed by atoms with Crippen molar-refractivity contribution in [2.75, 3.05) is 11.9 Å². The van der Waals surface area contributed by atoms with Gasteiger partial charge in [-0.2, -0.15) is 0 Å². The highest BCUT2D eigenvalue weighted by Crippen LogP contribution is 2.12. The number of aryl methyl sites for hydroxylation is 1. The lowest BCUT2D eigenvalue weighted by atomic mass is 10.2. The first-order valence-electron chi connectivity index (χ1n) is 8.21. The van der Waals surface area contributed by atoms with Crippen LogP contribution in [0.5, 0.6) is 0 Å². The zero-order valence-corrected chi connectivity index (χ0v) is 14.6. The molecule has 8 heteroatoms. The normalized spacial score (nSPS) is 10.3. The molecule has 1 aromatic heterocycles. The van der Waals surface area contributed by atoms with E-state index in [4.69, 9.17) is 0 Å². The summed E-state index contributed by atoms with van der Waals surface area (Å²) in [7, 11) is 0. The Morgan fingerprint density at radius 3 is 2.44 bits per heavy atom. The number of nitrogens with zero attached hydrogens (tertiary/aromatic N) is 2. The van der Waals surface area contributed by atoms with Gasteiger partial charge in [0.1, 0.15) is 11.5 Å². The summed E-state index contributed by atoms with van der Waals surface area (Å²) >= 11 is 0. The molecule has 2 aromatic carbocycles. The number of carbonyl (C=O) groups excluding carboxylic acids is 2. The highest BCUT2D eigenvalue weighted by atomic mass is 19.1. The Kier molecular flexibility index (Phi) is 5.46. The second-order valence-electron chi connectivity index (χ2n) is 5.85. The van der Waals surface area contributed by atoms with Crippen LogP contribution in [0.4, 0.5) is 10.1 Å². The molecule has 0 unspecified atom stereocenters. The van der Waals surface area contributed by atoms with Crippen molar-refractivity contribution < 1.29 is 14.0 Å². The first-order chi connectivity index (χ1) is 13.0. The summed E-state index contributed by atoms with van der Waals surface area (Å²) in [6.07, 6.45) is 2.79. The summed E-state index contributed by atoms with van der Waals surface area (Å²) in [5, 5.41) is 2.96. The smallest absolute Gasteiger partial charge is 0.288 e. The van der Waals surface area contributed by atoms with Gasteiger partial charge in [-0.25, -0.2) is 9.37 Å². The molecule has 0 atom stereocenters. The number of hydrazine groups is 1. The number of hydrogen-bond donors (Lipinski definition) is 3. The average molecular weight is 367 g/mol. The molecule has 0 aliphatic heterocycles. The summed E-state index contributed by atoms with van der Waals surface area (Å²) in [5.74, 6) is -1.32. The number of rotatable bonds is 5. The quantitative estimate of drug-likeness (QED) is 0.603. The number of halogens is 1. The van der Waals surface area contributed by atoms with E-state index in [1.165, 1.54) is 41.4 Å². The maximum atomic E-state index is 13.1. The zero-order valence-electron chi connectivity index (χ0n) is 14.6. The number of aromatic nitrogens is 2. The van der Waals surface area contributed by atoms with Crippen LogP contribution in [0.3, 0.4) is 0 Å². The molecular weight excluding hydrogens is 349 g/mol. The van der Waals surface area contributed by atoms with E-state index in [0.717, 1.165) is 11.3 Å². The van der Waals surface area contributed by atoms with E-state index in [9.17, 15) is 14.0 Å². The fourth-order valence-corrected chi connectivity index (χ4v) is 2.36. The minimum atomic E-state index is -0.541. The Hall–Kier alpha value is -3.68. The minimum absolute atomic E-state index is 0.000560. The minimum Gasteiger partial charge on any atom is -0.376 e. The molecule has 2 amide bonds. The third kappa shape index (κ3) is 4.69. The monoisotopic (exact) mass is 367 g/mol. The second-order valence-corrected chi connectivity index (χ2v) is 5.85. The molecule has 0 bridgehead atoms. The molecule has 27 heavy (non-hydrogen) atoms. The number of amides is 2. The molecule has 0 fully saturated rings. The topological polar surface area (TPSA) is 88.1 Å². The Morgan fingerprint density at radius 1 is 1.04 bits per heavy atom. The molecule has 7 nitrogen and oxygen atoms in total. The van der Waals surface area contributed by atoms with Gasteiger partial charge in [0.15, 0.2) is 0 Å². The fraction of sp³-hybridized carbons (Fsp3) is 0.105. The maximum Gasteiger partial charge on any atom is 0.288 e. The third-order valence-corrected chi connectivity index (χ3v) is 3.80. The predicted molar refractivity (Wildman–Crippen MR) is 98.8 cm³/mol. The molecule has 0 radical (unpaired) electrons. The van der Waals surface area contributed by atoms with Crippen LogP contribution in [-0.4, -0.2) is 27.9 Å². The number of benzene rings is 2. The lowest BCUT2D eigenvalue weighted by Crippen LogP contribution is -2.44. The largest absolute Gasteiger partial charge is 0.376 e. The van der Waals surface area contributed by atoms with Crippen LogP contribution in [-0.2, 0) is 4.79 Å². The Bertz CT molecular complexity index is 935.